The lowest BCUT2D eigenvalue weighted by Gasteiger charge is -2.26. The number of nitrogens with zero attached hydrogens (tertiary/aromatic N) is 1. The van der Waals surface area contributed by atoms with E-state index in [4.69, 9.17) is 4.74 Å². The Morgan fingerprint density at radius 1 is 1.41 bits per heavy atom. The molecule has 1 amide bonds. The summed E-state index contributed by atoms with van der Waals surface area (Å²) < 4.78 is 38.4. The monoisotopic (exact) mass is 267 g/mol. The fraction of sp³-hybridized carbons (Fsp3) is 0.900. The first-order valence-electron chi connectivity index (χ1n) is 5.50. The van der Waals surface area contributed by atoms with Gasteiger partial charge in [-0.25, -0.2) is 4.79 Å². The van der Waals surface area contributed by atoms with Crippen molar-refractivity contribution >= 4 is 16.3 Å². The van der Waals surface area contributed by atoms with Gasteiger partial charge in [-0.05, 0) is 33.6 Å². The predicted molar refractivity (Wildman–Crippen MR) is 60.9 cm³/mol. The molecule has 0 spiro atoms. The molecule has 0 saturated heterocycles. The molecule has 0 bridgehead atoms. The lowest BCUT2D eigenvalue weighted by Crippen LogP contribution is -2.40. The molecule has 0 aromatic rings. The van der Waals surface area contributed by atoms with E-state index >= 15 is 0 Å². The third-order valence-electron chi connectivity index (χ3n) is 2.19. The highest BCUT2D eigenvalue weighted by molar-refractivity contribution is 7.86. The Morgan fingerprint density at radius 3 is 2.29 bits per heavy atom. The van der Waals surface area contributed by atoms with E-state index in [-0.39, 0.29) is 12.6 Å². The molecule has 1 aliphatic carbocycles. The normalized spacial score (nSPS) is 16.7. The maximum atomic E-state index is 12.4. The van der Waals surface area contributed by atoms with Gasteiger partial charge in [-0.15, -0.1) is 3.89 Å². The maximum absolute atomic E-state index is 12.4. The minimum absolute atomic E-state index is 0.00778. The van der Waals surface area contributed by atoms with Crippen LogP contribution in [0, 0.1) is 0 Å². The molecule has 0 unspecified atom stereocenters. The van der Waals surface area contributed by atoms with Gasteiger partial charge in [0.2, 0.25) is 0 Å². The first-order valence-corrected chi connectivity index (χ1v) is 7.06. The third kappa shape index (κ3) is 5.86. The molecule has 1 saturated carbocycles. The molecule has 0 heterocycles. The zero-order valence-electron chi connectivity index (χ0n) is 10.3. The van der Waals surface area contributed by atoms with E-state index in [0.717, 1.165) is 12.8 Å². The van der Waals surface area contributed by atoms with E-state index < -0.39 is 27.7 Å². The highest BCUT2D eigenvalue weighted by Crippen LogP contribution is 2.28. The van der Waals surface area contributed by atoms with E-state index in [1.165, 1.54) is 4.90 Å². The number of ether oxygens (including phenoxy) is 1. The van der Waals surface area contributed by atoms with Gasteiger partial charge in [0.05, 0.1) is 5.75 Å². The SMILES string of the molecule is CC(C)(C)OC(=O)N(CCS(=O)(=O)F)C1CC1. The minimum atomic E-state index is -4.55. The van der Waals surface area contributed by atoms with Crippen molar-refractivity contribution in [1.82, 2.24) is 4.90 Å². The Morgan fingerprint density at radius 2 is 1.94 bits per heavy atom. The second-order valence-corrected chi connectivity index (χ2v) is 6.63. The van der Waals surface area contributed by atoms with Gasteiger partial charge in [-0.1, -0.05) is 0 Å². The summed E-state index contributed by atoms with van der Waals surface area (Å²) in [6, 6.07) is -0.00778. The lowest BCUT2D eigenvalue weighted by molar-refractivity contribution is 0.0246. The Hall–Kier alpha value is -0.850. The fourth-order valence-electron chi connectivity index (χ4n) is 1.34. The predicted octanol–water partition coefficient (Wildman–Crippen LogP) is 1.69. The molecule has 0 aliphatic heterocycles. The number of amides is 1. The zero-order valence-corrected chi connectivity index (χ0v) is 11.1. The van der Waals surface area contributed by atoms with Crippen molar-refractivity contribution in [3.05, 3.63) is 0 Å². The van der Waals surface area contributed by atoms with Crippen molar-refractivity contribution in [2.45, 2.75) is 45.3 Å². The van der Waals surface area contributed by atoms with Crippen molar-refractivity contribution in [2.24, 2.45) is 0 Å². The summed E-state index contributed by atoms with van der Waals surface area (Å²) in [5.41, 5.74) is -0.640. The molecule has 5 nitrogen and oxygen atoms in total. The van der Waals surface area contributed by atoms with Gasteiger partial charge in [0.25, 0.3) is 0 Å². The zero-order chi connectivity index (χ0) is 13.3. The average molecular weight is 267 g/mol. The molecular weight excluding hydrogens is 249 g/mol. The number of rotatable bonds is 4. The van der Waals surface area contributed by atoms with Crippen LogP contribution in [0.2, 0.25) is 0 Å². The second kappa shape index (κ2) is 4.80. The molecule has 7 heteroatoms. The van der Waals surface area contributed by atoms with Crippen molar-refractivity contribution in [3.8, 4) is 0 Å². The summed E-state index contributed by atoms with van der Waals surface area (Å²) in [7, 11) is -4.55. The fourth-order valence-corrected chi connectivity index (χ4v) is 1.75. The standard InChI is InChI=1S/C10H18FNO4S/c1-10(2,3)16-9(13)12(8-4-5-8)6-7-17(11,14)15/h8H,4-7H2,1-3H3. The molecule has 0 N–H and O–H groups in total. The number of carbonyl (C=O) groups excluding carboxylic acids is 1. The van der Waals surface area contributed by atoms with E-state index in [2.05, 4.69) is 0 Å². The Kier molecular flexibility index (Phi) is 4.01. The van der Waals surface area contributed by atoms with Gasteiger partial charge in [0, 0.05) is 12.6 Å². The van der Waals surface area contributed by atoms with Crippen molar-refractivity contribution in [1.29, 1.82) is 0 Å². The highest BCUT2D eigenvalue weighted by atomic mass is 32.3. The summed E-state index contributed by atoms with van der Waals surface area (Å²) in [5.74, 6) is -0.678. The average Bonchev–Trinajstić information content (AvgIpc) is 2.82. The largest absolute Gasteiger partial charge is 0.444 e. The van der Waals surface area contributed by atoms with Crippen LogP contribution < -0.4 is 0 Å². The van der Waals surface area contributed by atoms with Crippen LogP contribution in [0.4, 0.5) is 8.68 Å². The van der Waals surface area contributed by atoms with Crippen LogP contribution in [0.3, 0.4) is 0 Å². The van der Waals surface area contributed by atoms with Crippen LogP contribution in [0.15, 0.2) is 0 Å². The smallest absolute Gasteiger partial charge is 0.410 e. The Labute approximate surface area is 101 Å². The molecule has 1 aliphatic rings. The summed E-state index contributed by atoms with van der Waals surface area (Å²) in [6.07, 6.45) is 1.04. The Balaban J connectivity index is 2.57. The molecule has 17 heavy (non-hydrogen) atoms. The molecular formula is C10H18FNO4S. The van der Waals surface area contributed by atoms with E-state index in [1.54, 1.807) is 20.8 Å². The molecule has 0 atom stereocenters. The van der Waals surface area contributed by atoms with Gasteiger partial charge in [0.1, 0.15) is 5.60 Å². The van der Waals surface area contributed by atoms with E-state index in [0.29, 0.717) is 0 Å². The van der Waals surface area contributed by atoms with Gasteiger partial charge >= 0.3 is 16.3 Å². The van der Waals surface area contributed by atoms with E-state index in [1.807, 2.05) is 0 Å². The van der Waals surface area contributed by atoms with Crippen LogP contribution >= 0.6 is 0 Å². The number of carbonyl (C=O) groups is 1. The number of hydrogen-bond acceptors (Lipinski definition) is 4. The highest BCUT2D eigenvalue weighted by Gasteiger charge is 2.35. The Bertz CT molecular complexity index is 384. The van der Waals surface area contributed by atoms with Crippen LogP contribution in [-0.2, 0) is 15.0 Å². The number of hydrogen-bond donors (Lipinski definition) is 0. The summed E-state index contributed by atoms with van der Waals surface area (Å²) >= 11 is 0. The molecule has 1 fully saturated rings. The molecule has 0 radical (unpaired) electrons. The van der Waals surface area contributed by atoms with Crippen LogP contribution in [0.1, 0.15) is 33.6 Å². The van der Waals surface area contributed by atoms with Crippen LogP contribution in [0.5, 0.6) is 0 Å². The summed E-state index contributed by atoms with van der Waals surface area (Å²) in [6.45, 7) is 5.02. The second-order valence-electron chi connectivity index (χ2n) is 5.15. The van der Waals surface area contributed by atoms with Crippen LogP contribution in [-0.4, -0.2) is 43.4 Å². The maximum Gasteiger partial charge on any atom is 0.410 e. The number of halogens is 1. The first-order chi connectivity index (χ1) is 7.58. The van der Waals surface area contributed by atoms with E-state index in [9.17, 15) is 17.1 Å². The van der Waals surface area contributed by atoms with Crippen molar-refractivity contribution < 1.29 is 21.8 Å². The molecule has 1 rings (SSSR count). The van der Waals surface area contributed by atoms with Gasteiger partial charge in [-0.3, -0.25) is 0 Å². The quantitative estimate of drug-likeness (QED) is 0.727. The topological polar surface area (TPSA) is 63.7 Å². The van der Waals surface area contributed by atoms with Gasteiger partial charge < -0.3 is 9.64 Å². The van der Waals surface area contributed by atoms with Crippen molar-refractivity contribution in [3.63, 3.8) is 0 Å². The lowest BCUT2D eigenvalue weighted by atomic mass is 10.2. The molecule has 100 valence electrons. The summed E-state index contributed by atoms with van der Waals surface area (Å²) in [5, 5.41) is 0. The van der Waals surface area contributed by atoms with Gasteiger partial charge in [0.15, 0.2) is 0 Å². The third-order valence-corrected chi connectivity index (χ3v) is 2.86. The van der Waals surface area contributed by atoms with Crippen molar-refractivity contribution in [2.75, 3.05) is 12.3 Å². The van der Waals surface area contributed by atoms with Gasteiger partial charge in [-0.2, -0.15) is 8.42 Å². The van der Waals surface area contributed by atoms with Crippen LogP contribution in [0.25, 0.3) is 0 Å². The minimum Gasteiger partial charge on any atom is -0.444 e. The summed E-state index contributed by atoms with van der Waals surface area (Å²) in [4.78, 5) is 13.0. The molecule has 0 aromatic heterocycles. The molecule has 0 aromatic carbocycles. The first kappa shape index (κ1) is 14.2.